The van der Waals surface area contributed by atoms with Gasteiger partial charge in [0.25, 0.3) is 0 Å². The molecule has 0 aliphatic heterocycles. The molecule has 0 heteroatoms. The van der Waals surface area contributed by atoms with E-state index >= 15 is 0 Å². The molecule has 0 amide bonds. The zero-order valence-electron chi connectivity index (χ0n) is 9.42. The fraction of sp³-hybridized carbons (Fsp3) is 0.333. The van der Waals surface area contributed by atoms with Gasteiger partial charge in [0, 0.05) is 0 Å². The van der Waals surface area contributed by atoms with Crippen LogP contribution in [0.2, 0.25) is 0 Å². The summed E-state index contributed by atoms with van der Waals surface area (Å²) in [5.41, 5.74) is 2.02. The van der Waals surface area contributed by atoms with Crippen molar-refractivity contribution in [3.05, 3.63) is 36.0 Å². The zero-order valence-corrected chi connectivity index (χ0v) is 9.42. The van der Waals surface area contributed by atoms with E-state index in [-0.39, 0.29) is 0 Å². The van der Waals surface area contributed by atoms with Gasteiger partial charge in [0.1, 0.15) is 0 Å². The predicted molar refractivity (Wildman–Crippen MR) is 68.2 cm³/mol. The topological polar surface area (TPSA) is 0 Å². The van der Waals surface area contributed by atoms with Crippen molar-refractivity contribution in [2.24, 2.45) is 0 Å². The van der Waals surface area contributed by atoms with Gasteiger partial charge in [-0.3, -0.25) is 0 Å². The molecule has 0 atom stereocenters. The molecule has 0 aromatic rings. The Kier molecular flexibility index (Phi) is 7.93. The molecule has 0 saturated carbocycles. The van der Waals surface area contributed by atoms with Crippen LogP contribution in [0.4, 0.5) is 0 Å². The van der Waals surface area contributed by atoms with Crippen LogP contribution in [0.3, 0.4) is 0 Å². The maximum atomic E-state index is 5.40. The van der Waals surface area contributed by atoms with Crippen LogP contribution in [0.5, 0.6) is 0 Å². The van der Waals surface area contributed by atoms with E-state index in [1.54, 1.807) is 0 Å². The van der Waals surface area contributed by atoms with Crippen molar-refractivity contribution in [2.45, 2.75) is 32.6 Å². The second-order valence-electron chi connectivity index (χ2n) is 3.31. The Bertz CT molecular complexity index is 326. The van der Waals surface area contributed by atoms with Gasteiger partial charge in [-0.05, 0) is 43.8 Å². The van der Waals surface area contributed by atoms with Crippen LogP contribution >= 0.6 is 0 Å². The molecule has 0 radical (unpaired) electrons. The van der Waals surface area contributed by atoms with Crippen molar-refractivity contribution in [1.82, 2.24) is 0 Å². The van der Waals surface area contributed by atoms with E-state index in [1.165, 1.54) is 0 Å². The zero-order chi connectivity index (χ0) is 11.5. The van der Waals surface area contributed by atoms with Crippen LogP contribution in [0.1, 0.15) is 32.6 Å². The average molecular weight is 198 g/mol. The lowest BCUT2D eigenvalue weighted by Gasteiger charge is -1.97. The highest BCUT2D eigenvalue weighted by Gasteiger charge is 1.91. The summed E-state index contributed by atoms with van der Waals surface area (Å²) >= 11 is 0. The molecule has 0 nitrogen and oxygen atoms in total. The minimum Gasteiger partial charge on any atom is -0.115 e. The van der Waals surface area contributed by atoms with Crippen LogP contribution in [0.15, 0.2) is 36.0 Å². The van der Waals surface area contributed by atoms with Gasteiger partial charge in [-0.25, -0.2) is 0 Å². The number of allylic oxidation sites excluding steroid dienone is 5. The first-order chi connectivity index (χ1) is 7.24. The van der Waals surface area contributed by atoms with E-state index in [9.17, 15) is 0 Å². The van der Waals surface area contributed by atoms with Gasteiger partial charge in [-0.2, -0.15) is 0 Å². The van der Waals surface area contributed by atoms with E-state index in [1.807, 2.05) is 19.1 Å². The minimum atomic E-state index is 0.895. The van der Waals surface area contributed by atoms with Crippen LogP contribution in [-0.2, 0) is 0 Å². The van der Waals surface area contributed by atoms with Crippen molar-refractivity contribution in [2.75, 3.05) is 0 Å². The van der Waals surface area contributed by atoms with Crippen LogP contribution in [-0.4, -0.2) is 0 Å². The Morgan fingerprint density at radius 3 is 2.40 bits per heavy atom. The molecule has 0 fully saturated rings. The van der Waals surface area contributed by atoms with Crippen LogP contribution in [0.25, 0.3) is 0 Å². The first-order valence-electron chi connectivity index (χ1n) is 5.14. The van der Waals surface area contributed by atoms with Crippen molar-refractivity contribution in [1.29, 1.82) is 0 Å². The summed E-state index contributed by atoms with van der Waals surface area (Å²) in [4.78, 5) is 0. The maximum Gasteiger partial charge on any atom is -0.00191 e. The maximum absolute atomic E-state index is 5.40. The summed E-state index contributed by atoms with van der Waals surface area (Å²) in [5.74, 6) is 5.28. The smallest absolute Gasteiger partial charge is 0.00191 e. The molecule has 0 saturated heterocycles. The highest BCUT2D eigenvalue weighted by atomic mass is 14.0. The van der Waals surface area contributed by atoms with Gasteiger partial charge in [0.05, 0.1) is 0 Å². The molecule has 0 aromatic heterocycles. The van der Waals surface area contributed by atoms with Gasteiger partial charge in [0.2, 0.25) is 0 Å². The van der Waals surface area contributed by atoms with Crippen molar-refractivity contribution >= 4 is 0 Å². The molecule has 0 unspecified atom stereocenters. The van der Waals surface area contributed by atoms with E-state index in [0.29, 0.717) is 0 Å². The molecule has 15 heavy (non-hydrogen) atoms. The SMILES string of the molecule is C#CC(=CCCC=C)CC/C=C(\C)C#C. The summed E-state index contributed by atoms with van der Waals surface area (Å²) in [6, 6.07) is 0. The Hall–Kier alpha value is -1.66. The van der Waals surface area contributed by atoms with Crippen LogP contribution in [0, 0.1) is 24.7 Å². The molecule has 0 aromatic carbocycles. The molecule has 0 bridgehead atoms. The van der Waals surface area contributed by atoms with Gasteiger partial charge < -0.3 is 0 Å². The summed E-state index contributed by atoms with van der Waals surface area (Å²) < 4.78 is 0. The van der Waals surface area contributed by atoms with E-state index in [0.717, 1.165) is 36.8 Å². The van der Waals surface area contributed by atoms with Gasteiger partial charge >= 0.3 is 0 Å². The molecule has 0 spiro atoms. The van der Waals surface area contributed by atoms with Gasteiger partial charge in [-0.1, -0.05) is 30.1 Å². The first kappa shape index (κ1) is 13.3. The third-order valence-corrected chi connectivity index (χ3v) is 2.04. The predicted octanol–water partition coefficient (Wildman–Crippen LogP) is 3.87. The number of terminal acetylenes is 2. The highest BCUT2D eigenvalue weighted by molar-refractivity contribution is 5.27. The molecule has 0 aliphatic rings. The van der Waals surface area contributed by atoms with Crippen molar-refractivity contribution in [3.63, 3.8) is 0 Å². The van der Waals surface area contributed by atoms with E-state index < -0.39 is 0 Å². The second kappa shape index (κ2) is 8.92. The number of rotatable bonds is 6. The normalized spacial score (nSPS) is 11.7. The van der Waals surface area contributed by atoms with Gasteiger partial charge in [-0.15, -0.1) is 19.4 Å². The van der Waals surface area contributed by atoms with Crippen LogP contribution < -0.4 is 0 Å². The molecule has 0 aliphatic carbocycles. The molecule has 0 rings (SSSR count). The number of unbranched alkanes of at least 4 members (excludes halogenated alkanes) is 1. The summed E-state index contributed by atoms with van der Waals surface area (Å²) in [6.45, 7) is 5.59. The van der Waals surface area contributed by atoms with Gasteiger partial charge in [0.15, 0.2) is 0 Å². The van der Waals surface area contributed by atoms with E-state index in [2.05, 4.69) is 24.5 Å². The molecular weight excluding hydrogens is 180 g/mol. The minimum absolute atomic E-state index is 0.895. The third-order valence-electron chi connectivity index (χ3n) is 2.04. The first-order valence-corrected chi connectivity index (χ1v) is 5.14. The fourth-order valence-electron chi connectivity index (χ4n) is 1.11. The standard InChI is InChI=1S/C15H18/c1-5-8-9-12-15(7-3)13-10-11-14(4)6-2/h2-3,5,11-12H,1,8-10,13H2,4H3/b14-11+,15-12?. The molecule has 0 N–H and O–H groups in total. The molecule has 0 heterocycles. The lowest BCUT2D eigenvalue weighted by atomic mass is 10.1. The fourth-order valence-corrected chi connectivity index (χ4v) is 1.11. The average Bonchev–Trinajstić information content (AvgIpc) is 2.26. The molecule has 78 valence electrons. The Labute approximate surface area is 93.8 Å². The monoisotopic (exact) mass is 198 g/mol. The lowest BCUT2D eigenvalue weighted by Crippen LogP contribution is -1.80. The van der Waals surface area contributed by atoms with Crippen molar-refractivity contribution < 1.29 is 0 Å². The Balaban J connectivity index is 4.03. The highest BCUT2D eigenvalue weighted by Crippen LogP contribution is 2.08. The van der Waals surface area contributed by atoms with E-state index in [4.69, 9.17) is 12.8 Å². The Morgan fingerprint density at radius 2 is 1.87 bits per heavy atom. The molecular formula is C15H18. The number of hydrogen-bond acceptors (Lipinski definition) is 0. The number of hydrogen-bond donors (Lipinski definition) is 0. The van der Waals surface area contributed by atoms with Crippen molar-refractivity contribution in [3.8, 4) is 24.7 Å². The lowest BCUT2D eigenvalue weighted by molar-refractivity contribution is 0.973. The third kappa shape index (κ3) is 7.41. The summed E-state index contributed by atoms with van der Waals surface area (Å²) in [6.07, 6.45) is 20.4. The summed E-state index contributed by atoms with van der Waals surface area (Å²) in [7, 11) is 0. The second-order valence-corrected chi connectivity index (χ2v) is 3.31. The Morgan fingerprint density at radius 1 is 1.13 bits per heavy atom. The quantitative estimate of drug-likeness (QED) is 0.345. The summed E-state index contributed by atoms with van der Waals surface area (Å²) in [5, 5.41) is 0. The largest absolute Gasteiger partial charge is 0.115 e.